The molecule has 2 saturated heterocycles. The van der Waals surface area contributed by atoms with E-state index in [4.69, 9.17) is 0 Å². The molecule has 2 aliphatic heterocycles. The van der Waals surface area contributed by atoms with E-state index >= 15 is 0 Å². The first-order valence-electron chi connectivity index (χ1n) is 9.26. The first kappa shape index (κ1) is 16.5. The summed E-state index contributed by atoms with van der Waals surface area (Å²) in [7, 11) is 4.32. The predicted molar refractivity (Wildman–Crippen MR) is 99.8 cm³/mol. The quantitative estimate of drug-likeness (QED) is 0.913. The third-order valence-corrected chi connectivity index (χ3v) is 5.71. The molecule has 25 heavy (non-hydrogen) atoms. The highest BCUT2D eigenvalue weighted by Gasteiger charge is 2.35. The second kappa shape index (κ2) is 7.14. The minimum atomic E-state index is 0.512. The summed E-state index contributed by atoms with van der Waals surface area (Å²) in [4.78, 5) is 13.3. The number of nitrogens with zero attached hydrogens (tertiary/aromatic N) is 5. The molecule has 0 radical (unpaired) electrons. The lowest BCUT2D eigenvalue weighted by Gasteiger charge is -2.36. The number of likely N-dealkylation sites (tertiary alicyclic amines) is 1. The van der Waals surface area contributed by atoms with Gasteiger partial charge < -0.3 is 19.7 Å². The van der Waals surface area contributed by atoms with Crippen LogP contribution in [0.3, 0.4) is 0 Å². The molecule has 4 heterocycles. The van der Waals surface area contributed by atoms with Crippen LogP contribution in [0.5, 0.6) is 0 Å². The molecule has 0 amide bonds. The number of imidazole rings is 1. The molecule has 2 aromatic heterocycles. The van der Waals surface area contributed by atoms with E-state index < -0.39 is 0 Å². The second-order valence-electron chi connectivity index (χ2n) is 7.50. The number of hydrogen-bond donors (Lipinski definition) is 1. The Kier molecular flexibility index (Phi) is 4.72. The van der Waals surface area contributed by atoms with E-state index in [1.165, 1.54) is 24.2 Å². The maximum absolute atomic E-state index is 4.32. The number of anilines is 1. The van der Waals surface area contributed by atoms with Gasteiger partial charge in [0.15, 0.2) is 0 Å². The van der Waals surface area contributed by atoms with Gasteiger partial charge in [-0.3, -0.25) is 4.98 Å². The third-order valence-electron chi connectivity index (χ3n) is 5.71. The van der Waals surface area contributed by atoms with Gasteiger partial charge in [-0.15, -0.1) is 0 Å². The van der Waals surface area contributed by atoms with Crippen molar-refractivity contribution in [3.05, 3.63) is 42.7 Å². The zero-order valence-electron chi connectivity index (χ0n) is 15.2. The van der Waals surface area contributed by atoms with Crippen molar-refractivity contribution in [3.63, 3.8) is 0 Å². The maximum atomic E-state index is 4.32. The zero-order chi connectivity index (χ0) is 17.2. The lowest BCUT2D eigenvalue weighted by Crippen LogP contribution is -2.48. The van der Waals surface area contributed by atoms with Gasteiger partial charge in [0.2, 0.25) is 0 Å². The topological polar surface area (TPSA) is 49.2 Å². The van der Waals surface area contributed by atoms with E-state index in [0.717, 1.165) is 26.2 Å². The number of pyridine rings is 1. The van der Waals surface area contributed by atoms with Gasteiger partial charge in [-0.25, -0.2) is 4.98 Å². The summed E-state index contributed by atoms with van der Waals surface area (Å²) in [5.74, 6) is 0.524. The molecular weight excluding hydrogens is 312 g/mol. The van der Waals surface area contributed by atoms with Crippen molar-refractivity contribution in [2.75, 3.05) is 38.1 Å². The van der Waals surface area contributed by atoms with E-state index in [1.54, 1.807) is 0 Å². The summed E-state index contributed by atoms with van der Waals surface area (Å²) in [6, 6.07) is 5.33. The van der Waals surface area contributed by atoms with Crippen LogP contribution in [0.25, 0.3) is 0 Å². The number of piperidine rings is 1. The minimum absolute atomic E-state index is 0.512. The van der Waals surface area contributed by atoms with Crippen LogP contribution in [0, 0.1) is 0 Å². The van der Waals surface area contributed by atoms with Crippen LogP contribution in [-0.4, -0.2) is 64.7 Å². The highest BCUT2D eigenvalue weighted by Crippen LogP contribution is 2.28. The standard InChI is InChI=1S/C19H28N6/c1-23-12-17(19-11-21-14-24(19)2)18(13-23)22-15-5-9-25(10-6-15)16-3-7-20-8-4-16/h3-4,7-8,11,14-15,17-18,22H,5-6,9-10,12-13H2,1-2H3/t17-,18-/m1/s1. The Morgan fingerprint density at radius 1 is 1.04 bits per heavy atom. The van der Waals surface area contributed by atoms with Gasteiger partial charge in [0.1, 0.15) is 0 Å². The van der Waals surface area contributed by atoms with Crippen LogP contribution in [0.2, 0.25) is 0 Å². The fraction of sp³-hybridized carbons (Fsp3) is 0.579. The number of rotatable bonds is 4. The molecule has 0 bridgehead atoms. The highest BCUT2D eigenvalue weighted by atomic mass is 15.2. The van der Waals surface area contributed by atoms with Crippen LogP contribution in [0.4, 0.5) is 5.69 Å². The Morgan fingerprint density at radius 3 is 2.48 bits per heavy atom. The molecule has 0 aromatic carbocycles. The van der Waals surface area contributed by atoms with Crippen molar-refractivity contribution in [2.24, 2.45) is 7.05 Å². The molecular formula is C19H28N6. The molecule has 4 rings (SSSR count). The molecule has 0 spiro atoms. The molecule has 0 saturated carbocycles. The summed E-state index contributed by atoms with van der Waals surface area (Å²) >= 11 is 0. The molecule has 1 N–H and O–H groups in total. The van der Waals surface area contributed by atoms with E-state index in [1.807, 2.05) is 24.9 Å². The number of likely N-dealkylation sites (N-methyl/N-ethyl adjacent to an activating group) is 1. The van der Waals surface area contributed by atoms with Gasteiger partial charge in [0.05, 0.1) is 6.33 Å². The number of aromatic nitrogens is 3. The van der Waals surface area contributed by atoms with Gasteiger partial charge in [0, 0.05) is 81.2 Å². The number of aryl methyl sites for hydroxylation is 1. The lowest BCUT2D eigenvalue weighted by atomic mass is 9.96. The molecule has 2 atom stereocenters. The molecule has 0 unspecified atom stereocenters. The Morgan fingerprint density at radius 2 is 1.80 bits per heavy atom. The van der Waals surface area contributed by atoms with Crippen LogP contribution in [0.1, 0.15) is 24.5 Å². The Bertz CT molecular complexity index is 676. The second-order valence-corrected chi connectivity index (χ2v) is 7.50. The van der Waals surface area contributed by atoms with E-state index in [2.05, 4.69) is 55.9 Å². The lowest BCUT2D eigenvalue weighted by molar-refractivity contribution is 0.345. The van der Waals surface area contributed by atoms with Crippen molar-refractivity contribution in [2.45, 2.75) is 30.8 Å². The van der Waals surface area contributed by atoms with Crippen molar-refractivity contribution in [1.29, 1.82) is 0 Å². The summed E-state index contributed by atoms with van der Waals surface area (Å²) in [6.45, 7) is 4.44. The molecule has 2 aromatic rings. The summed E-state index contributed by atoms with van der Waals surface area (Å²) < 4.78 is 2.17. The average Bonchev–Trinajstić information content (AvgIpc) is 3.21. The van der Waals surface area contributed by atoms with Gasteiger partial charge in [-0.05, 0) is 32.0 Å². The monoisotopic (exact) mass is 340 g/mol. The molecule has 2 fully saturated rings. The van der Waals surface area contributed by atoms with Crippen molar-refractivity contribution in [1.82, 2.24) is 24.8 Å². The maximum Gasteiger partial charge on any atom is 0.0945 e. The van der Waals surface area contributed by atoms with Crippen molar-refractivity contribution < 1.29 is 0 Å². The van der Waals surface area contributed by atoms with E-state index in [0.29, 0.717) is 18.0 Å². The Balaban J connectivity index is 1.37. The fourth-order valence-electron chi connectivity index (χ4n) is 4.36. The Labute approximate surface area is 149 Å². The van der Waals surface area contributed by atoms with Gasteiger partial charge in [-0.1, -0.05) is 0 Å². The van der Waals surface area contributed by atoms with Crippen LogP contribution >= 0.6 is 0 Å². The highest BCUT2D eigenvalue weighted by molar-refractivity contribution is 5.44. The fourth-order valence-corrected chi connectivity index (χ4v) is 4.36. The third kappa shape index (κ3) is 3.55. The van der Waals surface area contributed by atoms with Crippen LogP contribution in [0.15, 0.2) is 37.1 Å². The molecule has 6 heteroatoms. The van der Waals surface area contributed by atoms with Gasteiger partial charge in [-0.2, -0.15) is 0 Å². The van der Waals surface area contributed by atoms with E-state index in [9.17, 15) is 0 Å². The first-order valence-corrected chi connectivity index (χ1v) is 9.26. The van der Waals surface area contributed by atoms with Crippen molar-refractivity contribution in [3.8, 4) is 0 Å². The van der Waals surface area contributed by atoms with Crippen molar-refractivity contribution >= 4 is 5.69 Å². The normalized spacial score (nSPS) is 25.6. The molecule has 2 aliphatic rings. The molecule has 0 aliphatic carbocycles. The summed E-state index contributed by atoms with van der Waals surface area (Å²) in [5.41, 5.74) is 2.64. The smallest absolute Gasteiger partial charge is 0.0945 e. The van der Waals surface area contributed by atoms with E-state index in [-0.39, 0.29) is 0 Å². The molecule has 134 valence electrons. The average molecular weight is 340 g/mol. The molecule has 6 nitrogen and oxygen atoms in total. The zero-order valence-corrected chi connectivity index (χ0v) is 15.2. The first-order chi connectivity index (χ1) is 12.2. The van der Waals surface area contributed by atoms with Gasteiger partial charge >= 0.3 is 0 Å². The van der Waals surface area contributed by atoms with Crippen LogP contribution < -0.4 is 10.2 Å². The number of nitrogens with one attached hydrogen (secondary N) is 1. The Hall–Kier alpha value is -1.92. The van der Waals surface area contributed by atoms with Gasteiger partial charge in [0.25, 0.3) is 0 Å². The minimum Gasteiger partial charge on any atom is -0.371 e. The summed E-state index contributed by atoms with van der Waals surface area (Å²) in [6.07, 6.45) is 10.1. The summed E-state index contributed by atoms with van der Waals surface area (Å²) in [5, 5.41) is 3.96. The van der Waals surface area contributed by atoms with Crippen LogP contribution in [-0.2, 0) is 7.05 Å². The SMILES string of the molecule is CN1C[C@@H](NC2CCN(c3ccncc3)CC2)[C@H](c2cncn2C)C1. The predicted octanol–water partition coefficient (Wildman–Crippen LogP) is 1.47. The number of hydrogen-bond acceptors (Lipinski definition) is 5. The largest absolute Gasteiger partial charge is 0.371 e.